The number of hydrogen-bond acceptors (Lipinski definition) is 12. The van der Waals surface area contributed by atoms with Gasteiger partial charge in [0.15, 0.2) is 0 Å². The van der Waals surface area contributed by atoms with Gasteiger partial charge >= 0.3 is 72.2 Å². The van der Waals surface area contributed by atoms with E-state index in [9.17, 15) is 16.8 Å². The van der Waals surface area contributed by atoms with Crippen molar-refractivity contribution in [3.63, 3.8) is 0 Å². The van der Waals surface area contributed by atoms with E-state index in [-0.39, 0.29) is 52.8 Å². The third-order valence-electron chi connectivity index (χ3n) is 2.43. The standard InChI is InChI=1S/C12H24O6.K.H2O8S2.H/c1-2-14-5-6-16-9-10-18-12-11-17-8-7-15-4-3-13-1;;1-9(2,3)7-8-10(4,5)6;/h1-12H2;;(H,1,2,3)(H,4,5,6);/q;+1;;-1. The first-order valence-corrected chi connectivity index (χ1v) is 10.7. The molecule has 29 heavy (non-hydrogen) atoms. The van der Waals surface area contributed by atoms with Gasteiger partial charge in [-0.15, -0.1) is 0 Å². The number of ether oxygens (including phenoxy) is 6. The SMILES string of the molecule is C1COCCOCCOCCOCCOCCO1.O=S(=O)(O)OOS(=O)(=O)O.[H-].[K+]. The molecule has 2 N–H and O–H groups in total. The van der Waals surface area contributed by atoms with Crippen molar-refractivity contribution in [2.75, 3.05) is 79.3 Å². The Morgan fingerprint density at radius 1 is 0.483 bits per heavy atom. The smallest absolute Gasteiger partial charge is 1.00 e. The van der Waals surface area contributed by atoms with Gasteiger partial charge in [-0.25, -0.2) is 0 Å². The van der Waals surface area contributed by atoms with E-state index in [2.05, 4.69) is 8.67 Å². The summed E-state index contributed by atoms with van der Waals surface area (Å²) in [4.78, 5) is 0. The fourth-order valence-corrected chi connectivity index (χ4v) is 1.95. The van der Waals surface area contributed by atoms with Crippen molar-refractivity contribution in [3.05, 3.63) is 0 Å². The third-order valence-corrected chi connectivity index (χ3v) is 3.00. The summed E-state index contributed by atoms with van der Waals surface area (Å²) in [5.41, 5.74) is 0. The van der Waals surface area contributed by atoms with E-state index in [1.54, 1.807) is 0 Å². The third kappa shape index (κ3) is 31.4. The van der Waals surface area contributed by atoms with Crippen LogP contribution in [0.3, 0.4) is 0 Å². The van der Waals surface area contributed by atoms with Crippen molar-refractivity contribution in [1.29, 1.82) is 0 Å². The molecular weight excluding hydrogens is 471 g/mol. The first kappa shape index (κ1) is 32.3. The van der Waals surface area contributed by atoms with Gasteiger partial charge in [0.1, 0.15) is 0 Å². The van der Waals surface area contributed by atoms with E-state index >= 15 is 0 Å². The molecular formula is C12H27KO14S2. The monoisotopic (exact) mass is 498 g/mol. The minimum atomic E-state index is -5.02. The average Bonchev–Trinajstić information content (AvgIpc) is 2.60. The summed E-state index contributed by atoms with van der Waals surface area (Å²) in [5, 5.41) is 0. The number of rotatable bonds is 3. The second-order valence-electron chi connectivity index (χ2n) is 4.67. The summed E-state index contributed by atoms with van der Waals surface area (Å²) < 4.78 is 90.8. The van der Waals surface area contributed by atoms with Crippen LogP contribution in [-0.4, -0.2) is 105 Å². The van der Waals surface area contributed by atoms with Gasteiger partial charge in [0.2, 0.25) is 0 Å². The van der Waals surface area contributed by atoms with Gasteiger partial charge in [-0.05, 0) is 0 Å². The molecule has 1 heterocycles. The van der Waals surface area contributed by atoms with Crippen LogP contribution in [0, 0.1) is 0 Å². The Morgan fingerprint density at radius 3 is 0.724 bits per heavy atom. The van der Waals surface area contributed by atoms with Gasteiger partial charge in [0, 0.05) is 0 Å². The summed E-state index contributed by atoms with van der Waals surface area (Å²) in [5.74, 6) is 0. The van der Waals surface area contributed by atoms with Crippen molar-refractivity contribution in [3.8, 4) is 0 Å². The largest absolute Gasteiger partial charge is 1.00 e. The van der Waals surface area contributed by atoms with Crippen LogP contribution in [0.4, 0.5) is 0 Å². The van der Waals surface area contributed by atoms with Gasteiger partial charge in [0.05, 0.1) is 79.3 Å². The molecule has 1 aliphatic rings. The van der Waals surface area contributed by atoms with Crippen LogP contribution >= 0.6 is 0 Å². The molecule has 1 fully saturated rings. The van der Waals surface area contributed by atoms with Crippen LogP contribution < -0.4 is 51.4 Å². The fourth-order valence-electron chi connectivity index (χ4n) is 1.39. The maximum atomic E-state index is 9.51. The predicted octanol–water partition coefficient (Wildman–Crippen LogP) is -4.24. The van der Waals surface area contributed by atoms with Crippen LogP contribution in [0.5, 0.6) is 0 Å². The Morgan fingerprint density at radius 2 is 0.621 bits per heavy atom. The molecule has 0 aromatic rings. The minimum absolute atomic E-state index is 0. The van der Waals surface area contributed by atoms with Gasteiger partial charge in [-0.2, -0.15) is 16.8 Å². The molecule has 172 valence electrons. The van der Waals surface area contributed by atoms with Crippen molar-refractivity contribution in [1.82, 2.24) is 0 Å². The normalized spacial score (nSPS) is 19.5. The molecule has 0 atom stereocenters. The molecule has 0 bridgehead atoms. The molecule has 0 aromatic heterocycles. The van der Waals surface area contributed by atoms with Gasteiger partial charge in [-0.1, -0.05) is 8.67 Å². The number of hydrogen-bond donors (Lipinski definition) is 2. The Hall–Kier alpha value is 1.14. The first-order chi connectivity index (χ1) is 13.2. The van der Waals surface area contributed by atoms with E-state index in [0.717, 1.165) is 0 Å². The molecule has 0 spiro atoms. The quantitative estimate of drug-likeness (QED) is 0.165. The first-order valence-electron chi connectivity index (χ1n) is 8.00. The topological polar surface area (TPSA) is 183 Å². The fraction of sp³-hybridized carbons (Fsp3) is 1.00. The van der Waals surface area contributed by atoms with E-state index in [1.807, 2.05) is 0 Å². The molecule has 1 rings (SSSR count). The van der Waals surface area contributed by atoms with Crippen LogP contribution in [0.25, 0.3) is 0 Å². The molecule has 0 aliphatic carbocycles. The molecule has 0 aromatic carbocycles. The molecule has 0 saturated carbocycles. The predicted molar refractivity (Wildman–Crippen MR) is 91.3 cm³/mol. The Balaban J connectivity index is -0.000000526. The zero-order chi connectivity index (χ0) is 21.1. The Labute approximate surface area is 214 Å². The van der Waals surface area contributed by atoms with Crippen LogP contribution in [0.15, 0.2) is 0 Å². The van der Waals surface area contributed by atoms with Crippen molar-refractivity contribution < 1.29 is 116 Å². The molecule has 14 nitrogen and oxygen atoms in total. The van der Waals surface area contributed by atoms with Gasteiger partial charge in [0.25, 0.3) is 0 Å². The summed E-state index contributed by atoms with van der Waals surface area (Å²) >= 11 is 0. The summed E-state index contributed by atoms with van der Waals surface area (Å²) in [6.45, 7) is 7.04. The summed E-state index contributed by atoms with van der Waals surface area (Å²) in [7, 11) is -10.0. The van der Waals surface area contributed by atoms with Crippen molar-refractivity contribution in [2.24, 2.45) is 0 Å². The maximum Gasteiger partial charge on any atom is 1.00 e. The Bertz CT molecular complexity index is 454. The minimum Gasteiger partial charge on any atom is -1.00 e. The molecule has 0 radical (unpaired) electrons. The van der Waals surface area contributed by atoms with Crippen LogP contribution in [-0.2, 0) is 57.9 Å². The van der Waals surface area contributed by atoms with Gasteiger partial charge < -0.3 is 29.8 Å². The summed E-state index contributed by atoms with van der Waals surface area (Å²) in [6.07, 6.45) is 0. The van der Waals surface area contributed by atoms with E-state index in [4.69, 9.17) is 37.5 Å². The zero-order valence-corrected chi connectivity index (χ0v) is 20.9. The van der Waals surface area contributed by atoms with Crippen molar-refractivity contribution in [2.45, 2.75) is 0 Å². The zero-order valence-electron chi connectivity index (χ0n) is 17.1. The van der Waals surface area contributed by atoms with Crippen molar-refractivity contribution >= 4 is 20.8 Å². The van der Waals surface area contributed by atoms with Gasteiger partial charge in [-0.3, -0.25) is 9.11 Å². The van der Waals surface area contributed by atoms with E-state index in [0.29, 0.717) is 79.3 Å². The second-order valence-corrected chi connectivity index (χ2v) is 6.65. The van der Waals surface area contributed by atoms with Crippen LogP contribution in [0.1, 0.15) is 1.43 Å². The van der Waals surface area contributed by atoms with Crippen LogP contribution in [0.2, 0.25) is 0 Å². The van der Waals surface area contributed by atoms with E-state index < -0.39 is 20.8 Å². The maximum absolute atomic E-state index is 9.51. The molecule has 0 unspecified atom stereocenters. The Kier molecular flexibility index (Phi) is 23.4. The summed E-state index contributed by atoms with van der Waals surface area (Å²) in [6, 6.07) is 0. The second kappa shape index (κ2) is 21.0. The van der Waals surface area contributed by atoms with E-state index in [1.165, 1.54) is 0 Å². The average molecular weight is 499 g/mol. The molecule has 17 heteroatoms. The molecule has 1 saturated heterocycles. The molecule has 1 aliphatic heterocycles. The molecule has 0 amide bonds.